The van der Waals surface area contributed by atoms with Gasteiger partial charge in [0.05, 0.1) is 11.4 Å². The Morgan fingerprint density at radius 3 is 1.20 bits per heavy atom. The summed E-state index contributed by atoms with van der Waals surface area (Å²) in [6, 6.07) is 8.10. The van der Waals surface area contributed by atoms with E-state index in [1.165, 1.54) is 11.1 Å². The van der Waals surface area contributed by atoms with Crippen molar-refractivity contribution >= 4 is 0 Å². The first-order chi connectivity index (χ1) is 11.4. The van der Waals surface area contributed by atoms with Crippen molar-refractivity contribution < 1.29 is 0 Å². The van der Waals surface area contributed by atoms with Gasteiger partial charge in [-0.3, -0.25) is 19.9 Å². The third-order valence-corrected chi connectivity index (χ3v) is 2.91. The van der Waals surface area contributed by atoms with Crippen LogP contribution in [-0.4, -0.2) is 19.9 Å². The monoisotopic (exact) mass is 338 g/mol. The lowest BCUT2D eigenvalue weighted by atomic mass is 10.2. The minimum atomic E-state index is 0. The first kappa shape index (κ1) is 22.4. The minimum Gasteiger partial charge on any atom is -0.264 e. The number of hydrogen-bond donors (Lipinski definition) is 0. The second-order valence-corrected chi connectivity index (χ2v) is 5.76. The van der Waals surface area contributed by atoms with Crippen LogP contribution in [-0.2, 0) is 0 Å². The van der Waals surface area contributed by atoms with Gasteiger partial charge in [0.25, 0.3) is 0 Å². The van der Waals surface area contributed by atoms with E-state index >= 15 is 0 Å². The Hall–Kier alpha value is -2.62. The van der Waals surface area contributed by atoms with Gasteiger partial charge in [-0.05, 0) is 64.8 Å². The predicted octanol–water partition coefficient (Wildman–Crippen LogP) is 5.13. The molecule has 4 heteroatoms. The Labute approximate surface area is 152 Å². The molecule has 0 N–H and O–H groups in total. The van der Waals surface area contributed by atoms with Gasteiger partial charge in [-0.25, -0.2) is 0 Å². The van der Waals surface area contributed by atoms with Crippen molar-refractivity contribution in [3.8, 4) is 0 Å². The fraction of sp³-hybridized carbons (Fsp3) is 0.333. The highest BCUT2D eigenvalue weighted by Crippen LogP contribution is 1.97. The zero-order valence-electron chi connectivity index (χ0n) is 15.4. The van der Waals surface area contributed by atoms with Gasteiger partial charge in [0.2, 0.25) is 0 Å². The van der Waals surface area contributed by atoms with Gasteiger partial charge in [-0.1, -0.05) is 19.6 Å². The number of aryl methyl sites for hydroxylation is 6. The Balaban J connectivity index is 0.000000339. The van der Waals surface area contributed by atoms with Crippen LogP contribution in [0.3, 0.4) is 0 Å². The highest BCUT2D eigenvalue weighted by Gasteiger charge is 1.84. The molecule has 0 bridgehead atoms. The molecule has 0 atom stereocenters. The molecule has 4 nitrogen and oxygen atoms in total. The second-order valence-electron chi connectivity index (χ2n) is 5.76. The number of hydrogen-bond acceptors (Lipinski definition) is 4. The minimum absolute atomic E-state index is 0. The first-order valence-corrected chi connectivity index (χ1v) is 7.90. The Bertz CT molecular complexity index is 599. The van der Waals surface area contributed by atoms with Crippen LogP contribution in [0.25, 0.3) is 0 Å². The second kappa shape index (κ2) is 11.8. The predicted molar refractivity (Wildman–Crippen MR) is 106 cm³/mol. The molecule has 3 rings (SSSR count). The summed E-state index contributed by atoms with van der Waals surface area (Å²) in [7, 11) is 0. The molecule has 0 saturated carbocycles. The number of aromatic nitrogens is 4. The third kappa shape index (κ3) is 10.7. The van der Waals surface area contributed by atoms with Crippen molar-refractivity contribution in [3.05, 3.63) is 83.0 Å². The van der Waals surface area contributed by atoms with Gasteiger partial charge in [-0.2, -0.15) is 0 Å². The molecule has 0 aliphatic heterocycles. The summed E-state index contributed by atoms with van der Waals surface area (Å²) >= 11 is 0. The summed E-state index contributed by atoms with van der Waals surface area (Å²) in [5.74, 6) is 0. The molecule has 0 aliphatic carbocycles. The van der Waals surface area contributed by atoms with Crippen LogP contribution in [0.15, 0.2) is 49.1 Å². The summed E-state index contributed by atoms with van der Waals surface area (Å²) in [5.41, 5.74) is 6.58. The molecule has 0 unspecified atom stereocenters. The van der Waals surface area contributed by atoms with Crippen LogP contribution in [0.2, 0.25) is 0 Å². The maximum absolute atomic E-state index is 4.17. The topological polar surface area (TPSA) is 51.6 Å². The Morgan fingerprint density at radius 1 is 0.560 bits per heavy atom. The molecule has 3 aromatic rings. The van der Waals surface area contributed by atoms with Crippen LogP contribution < -0.4 is 0 Å². The quantitative estimate of drug-likeness (QED) is 0.570. The van der Waals surface area contributed by atoms with E-state index in [9.17, 15) is 0 Å². The highest BCUT2D eigenvalue weighted by molar-refractivity contribution is 5.14. The van der Waals surface area contributed by atoms with Crippen molar-refractivity contribution in [2.75, 3.05) is 0 Å². The van der Waals surface area contributed by atoms with E-state index in [-0.39, 0.29) is 7.43 Å². The average molecular weight is 338 g/mol. The number of nitrogens with zero attached hydrogens (tertiary/aromatic N) is 4. The van der Waals surface area contributed by atoms with Crippen LogP contribution in [0.5, 0.6) is 0 Å². The number of pyridine rings is 2. The van der Waals surface area contributed by atoms with Gasteiger partial charge in [-0.15, -0.1) is 0 Å². The van der Waals surface area contributed by atoms with Crippen molar-refractivity contribution in [2.45, 2.75) is 49.0 Å². The van der Waals surface area contributed by atoms with E-state index in [2.05, 4.69) is 26.0 Å². The van der Waals surface area contributed by atoms with Crippen molar-refractivity contribution in [2.24, 2.45) is 0 Å². The summed E-state index contributed by atoms with van der Waals surface area (Å²) in [6.45, 7) is 11.9. The SMILES string of the molecule is C.Cc1cccc(C)n1.Cc1cncc(C)c1.Cc1cncc(C)n1. The van der Waals surface area contributed by atoms with Crippen molar-refractivity contribution in [1.82, 2.24) is 19.9 Å². The smallest absolute Gasteiger partial charge is 0.0558 e. The molecule has 134 valence electrons. The molecule has 0 amide bonds. The van der Waals surface area contributed by atoms with E-state index in [0.717, 1.165) is 22.8 Å². The van der Waals surface area contributed by atoms with E-state index < -0.39 is 0 Å². The molecule has 3 heterocycles. The Kier molecular flexibility index (Phi) is 10.6. The summed E-state index contributed by atoms with van der Waals surface area (Å²) in [5, 5.41) is 0. The molecule has 0 radical (unpaired) electrons. The van der Waals surface area contributed by atoms with Crippen LogP contribution in [0.1, 0.15) is 41.3 Å². The van der Waals surface area contributed by atoms with Crippen LogP contribution in [0, 0.1) is 41.5 Å². The fourth-order valence-electron chi connectivity index (χ4n) is 1.97. The standard InChI is InChI=1S/2C7H9N.C6H8N2.CH4/c1-6-3-7(2)5-8-4-6;1-6-4-3-5-7(2)8-6;1-5-3-7-4-6(2)8-5;/h2*3-5H,1-2H3;3-4H,1-2H3;1H4. The molecule has 0 fully saturated rings. The van der Waals surface area contributed by atoms with E-state index in [4.69, 9.17) is 0 Å². The molecule has 25 heavy (non-hydrogen) atoms. The molecule has 0 aliphatic rings. The number of rotatable bonds is 0. The highest BCUT2D eigenvalue weighted by atomic mass is 14.8. The van der Waals surface area contributed by atoms with E-state index in [1.807, 2.05) is 72.1 Å². The van der Waals surface area contributed by atoms with Gasteiger partial charge in [0.1, 0.15) is 0 Å². The van der Waals surface area contributed by atoms with Crippen LogP contribution >= 0.6 is 0 Å². The molecular formula is C21H30N4. The van der Waals surface area contributed by atoms with Crippen molar-refractivity contribution in [1.29, 1.82) is 0 Å². The normalized spacial score (nSPS) is 8.88. The van der Waals surface area contributed by atoms with E-state index in [0.29, 0.717) is 0 Å². The summed E-state index contributed by atoms with van der Waals surface area (Å²) in [4.78, 5) is 16.2. The van der Waals surface area contributed by atoms with Gasteiger partial charge < -0.3 is 0 Å². The lowest BCUT2D eigenvalue weighted by Gasteiger charge is -1.90. The van der Waals surface area contributed by atoms with Gasteiger partial charge >= 0.3 is 0 Å². The lowest BCUT2D eigenvalue weighted by Crippen LogP contribution is -1.85. The van der Waals surface area contributed by atoms with Gasteiger partial charge in [0.15, 0.2) is 0 Å². The summed E-state index contributed by atoms with van der Waals surface area (Å²) < 4.78 is 0. The first-order valence-electron chi connectivity index (χ1n) is 7.90. The zero-order valence-corrected chi connectivity index (χ0v) is 15.4. The fourth-order valence-corrected chi connectivity index (χ4v) is 1.97. The average Bonchev–Trinajstić information content (AvgIpc) is 2.47. The lowest BCUT2D eigenvalue weighted by molar-refractivity contribution is 1.05. The summed E-state index contributed by atoms with van der Waals surface area (Å²) in [6.07, 6.45) is 7.19. The molecular weight excluding hydrogens is 308 g/mol. The maximum Gasteiger partial charge on any atom is 0.0558 e. The Morgan fingerprint density at radius 2 is 0.960 bits per heavy atom. The van der Waals surface area contributed by atoms with Crippen molar-refractivity contribution in [3.63, 3.8) is 0 Å². The third-order valence-electron chi connectivity index (χ3n) is 2.91. The van der Waals surface area contributed by atoms with Gasteiger partial charge in [0, 0.05) is 36.2 Å². The zero-order chi connectivity index (χ0) is 17.9. The largest absolute Gasteiger partial charge is 0.264 e. The molecule has 0 aromatic carbocycles. The molecule has 0 saturated heterocycles. The molecule has 0 spiro atoms. The van der Waals surface area contributed by atoms with E-state index in [1.54, 1.807) is 12.4 Å². The molecule has 3 aromatic heterocycles. The van der Waals surface area contributed by atoms with Crippen LogP contribution in [0.4, 0.5) is 0 Å². The maximum atomic E-state index is 4.17.